The van der Waals surface area contributed by atoms with Gasteiger partial charge in [-0.05, 0) is 50.1 Å². The zero-order chi connectivity index (χ0) is 24.4. The third kappa shape index (κ3) is 5.15. The van der Waals surface area contributed by atoms with Crippen LogP contribution in [-0.2, 0) is 16.1 Å². The third-order valence-corrected chi connectivity index (χ3v) is 6.69. The van der Waals surface area contributed by atoms with Crippen LogP contribution in [0.5, 0.6) is 11.5 Å². The second kappa shape index (κ2) is 10.0. The standard InChI is InChI=1S/C24H23FN4O5S/c1-14(30)18-9-20-21(34-13-33-20)10-19(18)26-22(31)12-35-24-28-27-23(15-4-6-16(25)7-5-15)29(24)11-17-3-2-8-32-17/h4-7,9-10,17H,2-3,8,11-13H2,1H3,(H,26,31)/t17-/m0/s1. The lowest BCUT2D eigenvalue weighted by molar-refractivity contribution is -0.113. The van der Waals surface area contributed by atoms with E-state index in [2.05, 4.69) is 15.5 Å². The van der Waals surface area contributed by atoms with E-state index in [1.54, 1.807) is 24.3 Å². The van der Waals surface area contributed by atoms with Crippen LogP contribution in [0.25, 0.3) is 11.4 Å². The van der Waals surface area contributed by atoms with E-state index in [1.165, 1.54) is 30.8 Å². The van der Waals surface area contributed by atoms with Crippen molar-refractivity contribution in [3.05, 3.63) is 47.8 Å². The van der Waals surface area contributed by atoms with Crippen LogP contribution in [0.2, 0.25) is 0 Å². The molecule has 1 N–H and O–H groups in total. The average molecular weight is 499 g/mol. The third-order valence-electron chi connectivity index (χ3n) is 5.73. The Morgan fingerprint density at radius 2 is 1.94 bits per heavy atom. The quantitative estimate of drug-likeness (QED) is 0.368. The Balaban J connectivity index is 1.33. The van der Waals surface area contributed by atoms with E-state index in [1.807, 2.05) is 4.57 Å². The fourth-order valence-electron chi connectivity index (χ4n) is 4.02. The number of fused-ring (bicyclic) bond motifs is 1. The molecule has 1 saturated heterocycles. The number of nitrogens with zero attached hydrogens (tertiary/aromatic N) is 3. The van der Waals surface area contributed by atoms with E-state index in [4.69, 9.17) is 14.2 Å². The molecule has 1 amide bonds. The Morgan fingerprint density at radius 1 is 1.17 bits per heavy atom. The minimum absolute atomic E-state index is 0.0186. The smallest absolute Gasteiger partial charge is 0.234 e. The van der Waals surface area contributed by atoms with Gasteiger partial charge in [-0.3, -0.25) is 14.2 Å². The number of aromatic nitrogens is 3. The number of hydrogen-bond donors (Lipinski definition) is 1. The Kier molecular flexibility index (Phi) is 6.69. The van der Waals surface area contributed by atoms with Gasteiger partial charge in [0.05, 0.1) is 24.1 Å². The molecular weight excluding hydrogens is 475 g/mol. The maximum atomic E-state index is 13.4. The number of benzene rings is 2. The van der Waals surface area contributed by atoms with E-state index < -0.39 is 0 Å². The van der Waals surface area contributed by atoms with Crippen molar-refractivity contribution in [1.82, 2.24) is 14.8 Å². The SMILES string of the molecule is CC(=O)c1cc2c(cc1NC(=O)CSc1nnc(-c3ccc(F)cc3)n1C[C@@H]1CCCO1)OCO2. The van der Waals surface area contributed by atoms with Crippen molar-refractivity contribution in [3.63, 3.8) is 0 Å². The highest BCUT2D eigenvalue weighted by atomic mass is 32.2. The minimum Gasteiger partial charge on any atom is -0.454 e. The van der Waals surface area contributed by atoms with Gasteiger partial charge in [0.2, 0.25) is 12.7 Å². The second-order valence-corrected chi connectivity index (χ2v) is 9.15. The number of amides is 1. The predicted octanol–water partition coefficient (Wildman–Crippen LogP) is 3.93. The number of carbonyl (C=O) groups excluding carboxylic acids is 2. The zero-order valence-corrected chi connectivity index (χ0v) is 19.8. The monoisotopic (exact) mass is 498 g/mol. The van der Waals surface area contributed by atoms with Crippen LogP contribution >= 0.6 is 11.8 Å². The van der Waals surface area contributed by atoms with E-state index in [9.17, 15) is 14.0 Å². The first-order chi connectivity index (χ1) is 17.0. The van der Waals surface area contributed by atoms with Crippen molar-refractivity contribution in [2.75, 3.05) is 24.5 Å². The lowest BCUT2D eigenvalue weighted by atomic mass is 10.1. The minimum atomic E-state index is -0.335. The van der Waals surface area contributed by atoms with Crippen molar-refractivity contribution in [3.8, 4) is 22.9 Å². The lowest BCUT2D eigenvalue weighted by Crippen LogP contribution is -2.19. The van der Waals surface area contributed by atoms with Crippen LogP contribution in [0.4, 0.5) is 10.1 Å². The van der Waals surface area contributed by atoms with Gasteiger partial charge in [0.15, 0.2) is 28.3 Å². The highest BCUT2D eigenvalue weighted by Gasteiger charge is 2.24. The van der Waals surface area contributed by atoms with Crippen LogP contribution in [0.1, 0.15) is 30.1 Å². The first kappa shape index (κ1) is 23.3. The molecule has 11 heteroatoms. The molecule has 35 heavy (non-hydrogen) atoms. The molecule has 0 aliphatic carbocycles. The van der Waals surface area contributed by atoms with Gasteiger partial charge >= 0.3 is 0 Å². The summed E-state index contributed by atoms with van der Waals surface area (Å²) < 4.78 is 31.8. The zero-order valence-electron chi connectivity index (χ0n) is 19.0. The number of Topliss-reactive ketones (excluding diaryl/α,β-unsaturated/α-hetero) is 1. The van der Waals surface area contributed by atoms with E-state index in [0.717, 1.165) is 18.4 Å². The van der Waals surface area contributed by atoms with Gasteiger partial charge < -0.3 is 19.5 Å². The van der Waals surface area contributed by atoms with Crippen molar-refractivity contribution in [2.45, 2.75) is 37.6 Å². The van der Waals surface area contributed by atoms with Crippen LogP contribution < -0.4 is 14.8 Å². The van der Waals surface area contributed by atoms with Gasteiger partial charge in [-0.1, -0.05) is 11.8 Å². The van der Waals surface area contributed by atoms with Crippen LogP contribution in [0.3, 0.4) is 0 Å². The first-order valence-electron chi connectivity index (χ1n) is 11.2. The molecule has 0 unspecified atom stereocenters. The molecule has 1 fully saturated rings. The van der Waals surface area contributed by atoms with Gasteiger partial charge in [-0.25, -0.2) is 4.39 Å². The number of thioether (sulfide) groups is 1. The Labute approximate surface area is 205 Å². The van der Waals surface area contributed by atoms with Gasteiger partial charge in [-0.15, -0.1) is 10.2 Å². The maximum absolute atomic E-state index is 13.4. The van der Waals surface area contributed by atoms with Gasteiger partial charge in [0.1, 0.15) is 5.82 Å². The summed E-state index contributed by atoms with van der Waals surface area (Å²) in [5.74, 6) is 0.713. The number of anilines is 1. The highest BCUT2D eigenvalue weighted by Crippen LogP contribution is 2.37. The van der Waals surface area contributed by atoms with Crippen molar-refractivity contribution >= 4 is 29.1 Å². The first-order valence-corrected chi connectivity index (χ1v) is 12.1. The molecular formula is C24H23FN4O5S. The fraction of sp³-hybridized carbons (Fsp3) is 0.333. The topological polar surface area (TPSA) is 105 Å². The van der Waals surface area contributed by atoms with Gasteiger partial charge in [0, 0.05) is 23.8 Å². The molecule has 0 radical (unpaired) electrons. The second-order valence-electron chi connectivity index (χ2n) is 8.20. The highest BCUT2D eigenvalue weighted by molar-refractivity contribution is 7.99. The Morgan fingerprint density at radius 3 is 2.66 bits per heavy atom. The fourth-order valence-corrected chi connectivity index (χ4v) is 4.77. The molecule has 0 bridgehead atoms. The van der Waals surface area contributed by atoms with E-state index in [-0.39, 0.29) is 36.2 Å². The molecule has 1 aromatic heterocycles. The predicted molar refractivity (Wildman–Crippen MR) is 126 cm³/mol. The van der Waals surface area contributed by atoms with Crippen LogP contribution in [0, 0.1) is 5.82 Å². The molecule has 2 aliphatic rings. The molecule has 3 aromatic rings. The molecule has 182 valence electrons. The summed E-state index contributed by atoms with van der Waals surface area (Å²) in [6.45, 7) is 2.72. The number of ether oxygens (including phenoxy) is 3. The summed E-state index contributed by atoms with van der Waals surface area (Å²) in [5, 5.41) is 11.9. The van der Waals surface area contributed by atoms with Crippen LogP contribution in [0.15, 0.2) is 41.6 Å². The van der Waals surface area contributed by atoms with Crippen LogP contribution in [-0.4, -0.2) is 51.7 Å². The Hall–Kier alpha value is -3.44. The molecule has 0 spiro atoms. The summed E-state index contributed by atoms with van der Waals surface area (Å²) in [6.07, 6.45) is 1.92. The number of nitrogens with one attached hydrogen (secondary N) is 1. The number of rotatable bonds is 8. The summed E-state index contributed by atoms with van der Waals surface area (Å²) in [4.78, 5) is 24.9. The summed E-state index contributed by atoms with van der Waals surface area (Å²) in [5.41, 5.74) is 1.42. The summed E-state index contributed by atoms with van der Waals surface area (Å²) in [6, 6.07) is 9.21. The molecule has 1 atom stereocenters. The molecule has 9 nitrogen and oxygen atoms in total. The molecule has 0 saturated carbocycles. The number of carbonyl (C=O) groups is 2. The molecule has 5 rings (SSSR count). The summed E-state index contributed by atoms with van der Waals surface area (Å²) >= 11 is 1.22. The number of halogens is 1. The van der Waals surface area contributed by atoms with E-state index in [0.29, 0.717) is 46.9 Å². The van der Waals surface area contributed by atoms with E-state index >= 15 is 0 Å². The number of hydrogen-bond acceptors (Lipinski definition) is 8. The maximum Gasteiger partial charge on any atom is 0.234 e. The lowest BCUT2D eigenvalue weighted by Gasteiger charge is -2.15. The Bertz CT molecular complexity index is 1260. The molecule has 2 aromatic carbocycles. The van der Waals surface area contributed by atoms with Crippen molar-refractivity contribution in [1.29, 1.82) is 0 Å². The molecule has 2 aliphatic heterocycles. The largest absolute Gasteiger partial charge is 0.454 e. The summed E-state index contributed by atoms with van der Waals surface area (Å²) in [7, 11) is 0. The van der Waals surface area contributed by atoms with Crippen molar-refractivity contribution < 1.29 is 28.2 Å². The van der Waals surface area contributed by atoms with Crippen molar-refractivity contribution in [2.24, 2.45) is 0 Å². The average Bonchev–Trinajstić information content (AvgIpc) is 3.59. The van der Waals surface area contributed by atoms with Gasteiger partial charge in [0.25, 0.3) is 0 Å². The number of ketones is 1. The molecule has 3 heterocycles. The van der Waals surface area contributed by atoms with Gasteiger partial charge in [-0.2, -0.15) is 0 Å². The normalized spacial score (nSPS) is 16.5.